The van der Waals surface area contributed by atoms with E-state index in [4.69, 9.17) is 0 Å². The molecule has 0 bridgehead atoms. The Morgan fingerprint density at radius 1 is 0.688 bits per heavy atom. The molecule has 0 aliphatic carbocycles. The van der Waals surface area contributed by atoms with Gasteiger partial charge in [0.1, 0.15) is 0 Å². The summed E-state index contributed by atoms with van der Waals surface area (Å²) in [6.45, 7) is 2.24. The molecule has 0 N–H and O–H groups in total. The van der Waals surface area contributed by atoms with Gasteiger partial charge in [0.25, 0.3) is 0 Å². The van der Waals surface area contributed by atoms with Crippen molar-refractivity contribution in [2.75, 3.05) is 0 Å². The fraction of sp³-hybridized carbons (Fsp3) is 0.143. The van der Waals surface area contributed by atoms with E-state index in [-0.39, 0.29) is 106 Å². The Morgan fingerprint density at radius 2 is 1.00 bits per heavy atom. The van der Waals surface area contributed by atoms with Crippen LogP contribution in [0.25, 0.3) is 0 Å². The molecule has 0 aliphatic heterocycles. The van der Waals surface area contributed by atoms with Crippen molar-refractivity contribution in [3.63, 3.8) is 0 Å². The molecule has 0 saturated carbocycles. The molecule has 2 aromatic carbocycles. The van der Waals surface area contributed by atoms with Crippen LogP contribution in [0.3, 0.4) is 0 Å². The summed E-state index contributed by atoms with van der Waals surface area (Å²) in [4.78, 5) is 0. The molecule has 0 aliphatic rings. The Balaban J connectivity index is -0.000000562. The predicted octanol–water partition coefficient (Wildman–Crippen LogP) is -1.93. The van der Waals surface area contributed by atoms with Crippen LogP contribution in [0.5, 0.6) is 0 Å². The molecular weight excluding hydrogens is 246 g/mol. The maximum Gasteiger partial charge on any atom is 1.00 e. The van der Waals surface area contributed by atoms with E-state index in [0.29, 0.717) is 5.92 Å². The van der Waals surface area contributed by atoms with Crippen LogP contribution in [-0.2, 0) is 0 Å². The molecule has 74 valence electrons. The quantitative estimate of drug-likeness (QED) is 0.553. The van der Waals surface area contributed by atoms with Gasteiger partial charge in [-0.25, -0.2) is 0 Å². The van der Waals surface area contributed by atoms with Crippen molar-refractivity contribution >= 4 is 0 Å². The molecule has 0 unspecified atom stereocenters. The summed E-state index contributed by atoms with van der Waals surface area (Å²) < 4.78 is 0. The van der Waals surface area contributed by atoms with E-state index in [9.17, 15) is 0 Å². The first-order chi connectivity index (χ1) is 6.88. The van der Waals surface area contributed by atoms with Crippen molar-refractivity contribution in [1.29, 1.82) is 0 Å². The summed E-state index contributed by atoms with van der Waals surface area (Å²) in [6.07, 6.45) is 0. The first kappa shape index (κ1) is 17.7. The van der Waals surface area contributed by atoms with Gasteiger partial charge in [-0.05, 0) is 11.1 Å². The molecule has 0 amide bonds. The van der Waals surface area contributed by atoms with Gasteiger partial charge in [-0.3, -0.25) is 0 Å². The van der Waals surface area contributed by atoms with Gasteiger partial charge in [0.05, 0.1) is 0 Å². The molecule has 0 saturated heterocycles. The second kappa shape index (κ2) is 9.62. The predicted molar refractivity (Wildman–Crippen MR) is 62.6 cm³/mol. The smallest absolute Gasteiger partial charge is 1.00 e. The van der Waals surface area contributed by atoms with Crippen LogP contribution in [0, 0.1) is 0 Å². The molecule has 0 nitrogen and oxygen atoms in total. The normalized spacial score (nSPS) is 9.12. The second-order valence-corrected chi connectivity index (χ2v) is 3.54. The van der Waals surface area contributed by atoms with Crippen LogP contribution >= 0.6 is 0 Å². The number of rotatable bonds is 2. The van der Waals surface area contributed by atoms with E-state index in [1.54, 1.807) is 0 Å². The molecule has 0 heterocycles. The summed E-state index contributed by atoms with van der Waals surface area (Å²) in [5, 5.41) is 0. The second-order valence-electron chi connectivity index (χ2n) is 3.54. The van der Waals surface area contributed by atoms with Gasteiger partial charge in [-0.1, -0.05) is 67.6 Å². The first-order valence-electron chi connectivity index (χ1n) is 4.98. The SMILES string of the molecule is CC(c1ccccc1)c1ccccc1.[H-].[H-].[K+].[K+]. The van der Waals surface area contributed by atoms with Crippen molar-refractivity contribution in [3.8, 4) is 0 Å². The largest absolute Gasteiger partial charge is 1.00 e. The fourth-order valence-corrected chi connectivity index (χ4v) is 1.68. The van der Waals surface area contributed by atoms with Gasteiger partial charge in [-0.15, -0.1) is 0 Å². The van der Waals surface area contributed by atoms with E-state index in [1.807, 2.05) is 0 Å². The zero-order valence-corrected chi connectivity index (χ0v) is 16.6. The van der Waals surface area contributed by atoms with Crippen molar-refractivity contribution in [1.82, 2.24) is 0 Å². The Kier molecular flexibility index (Phi) is 10.6. The molecule has 0 aromatic heterocycles. The maximum atomic E-state index is 2.24. The van der Waals surface area contributed by atoms with Crippen molar-refractivity contribution in [2.24, 2.45) is 0 Å². The van der Waals surface area contributed by atoms with E-state index >= 15 is 0 Å². The van der Waals surface area contributed by atoms with E-state index in [0.717, 1.165) is 0 Å². The van der Waals surface area contributed by atoms with Gasteiger partial charge >= 0.3 is 103 Å². The molecule has 2 aromatic rings. The molecule has 0 spiro atoms. The third-order valence-electron chi connectivity index (χ3n) is 2.60. The van der Waals surface area contributed by atoms with Crippen LogP contribution in [0.15, 0.2) is 60.7 Å². The fourth-order valence-electron chi connectivity index (χ4n) is 1.68. The minimum atomic E-state index is 0. The van der Waals surface area contributed by atoms with Gasteiger partial charge < -0.3 is 2.85 Å². The van der Waals surface area contributed by atoms with E-state index in [1.165, 1.54) is 11.1 Å². The van der Waals surface area contributed by atoms with Gasteiger partial charge in [0.15, 0.2) is 0 Å². The summed E-state index contributed by atoms with van der Waals surface area (Å²) in [5.74, 6) is 0.484. The van der Waals surface area contributed by atoms with Crippen molar-refractivity contribution in [2.45, 2.75) is 12.8 Å². The van der Waals surface area contributed by atoms with E-state index < -0.39 is 0 Å². The van der Waals surface area contributed by atoms with Gasteiger partial charge in [-0.2, -0.15) is 0 Å². The molecule has 0 fully saturated rings. The average Bonchev–Trinajstić information content (AvgIpc) is 2.30. The average molecular weight is 262 g/mol. The Morgan fingerprint density at radius 3 is 1.31 bits per heavy atom. The summed E-state index contributed by atoms with van der Waals surface area (Å²) in [6, 6.07) is 21.2. The van der Waals surface area contributed by atoms with Crippen molar-refractivity contribution in [3.05, 3.63) is 71.8 Å². The van der Waals surface area contributed by atoms with Crippen LogP contribution in [0.2, 0.25) is 0 Å². The van der Waals surface area contributed by atoms with Gasteiger partial charge in [0.2, 0.25) is 0 Å². The zero-order chi connectivity index (χ0) is 9.80. The standard InChI is InChI=1S/C14H14.2K.2H/c1-12(13-8-4-2-5-9-13)14-10-6-3-7-11-14;;;;/h2-12H,1H3;;;;/q;2*+1;2*-1. The zero-order valence-electron chi connectivity index (χ0n) is 12.4. The third-order valence-corrected chi connectivity index (χ3v) is 2.60. The first-order valence-corrected chi connectivity index (χ1v) is 4.98. The number of hydrogen-bond acceptors (Lipinski definition) is 0. The summed E-state index contributed by atoms with van der Waals surface area (Å²) in [7, 11) is 0. The Hall–Kier alpha value is 1.71. The van der Waals surface area contributed by atoms with Crippen molar-refractivity contribution < 1.29 is 106 Å². The topological polar surface area (TPSA) is 0 Å². The summed E-state index contributed by atoms with van der Waals surface area (Å²) >= 11 is 0. The van der Waals surface area contributed by atoms with Crippen LogP contribution in [0.4, 0.5) is 0 Å². The monoisotopic (exact) mass is 262 g/mol. The van der Waals surface area contributed by atoms with Crippen LogP contribution < -0.4 is 103 Å². The molecule has 0 radical (unpaired) electrons. The van der Waals surface area contributed by atoms with Gasteiger partial charge in [0, 0.05) is 5.92 Å². The molecule has 2 heteroatoms. The summed E-state index contributed by atoms with van der Waals surface area (Å²) in [5.41, 5.74) is 2.75. The third kappa shape index (κ3) is 5.14. The van der Waals surface area contributed by atoms with E-state index in [2.05, 4.69) is 67.6 Å². The minimum absolute atomic E-state index is 0. The Bertz CT molecular complexity index is 354. The molecule has 16 heavy (non-hydrogen) atoms. The molecule has 0 atom stereocenters. The van der Waals surface area contributed by atoms with Crippen LogP contribution in [0.1, 0.15) is 26.8 Å². The molecular formula is C14H16K2. The molecule has 2 rings (SSSR count). The number of hydrogen-bond donors (Lipinski definition) is 0. The Labute approximate surface area is 186 Å². The van der Waals surface area contributed by atoms with Crippen LogP contribution in [-0.4, -0.2) is 0 Å². The minimum Gasteiger partial charge on any atom is -1.00 e. The number of benzene rings is 2. The maximum absolute atomic E-state index is 2.24.